The van der Waals surface area contributed by atoms with Crippen LogP contribution in [-0.4, -0.2) is 25.2 Å². The second kappa shape index (κ2) is 5.61. The largest absolute Gasteiger partial charge is 0.493 e. The minimum atomic E-state index is -0.110. The molecule has 4 heteroatoms. The van der Waals surface area contributed by atoms with Crippen LogP contribution in [0.3, 0.4) is 0 Å². The third-order valence-electron chi connectivity index (χ3n) is 3.56. The van der Waals surface area contributed by atoms with Crippen LogP contribution in [0.15, 0.2) is 24.3 Å². The van der Waals surface area contributed by atoms with Gasteiger partial charge in [-0.15, -0.1) is 0 Å². The molecular formula is C15H19NO3. The number of nitrogens with one attached hydrogen (secondary N) is 1. The zero-order valence-electron chi connectivity index (χ0n) is 10.9. The van der Waals surface area contributed by atoms with Gasteiger partial charge in [0.2, 0.25) is 0 Å². The molecule has 1 aromatic carbocycles. The molecule has 1 aliphatic heterocycles. The summed E-state index contributed by atoms with van der Waals surface area (Å²) in [4.78, 5) is 11.0. The van der Waals surface area contributed by atoms with Gasteiger partial charge in [-0.1, -0.05) is 12.1 Å². The first-order valence-corrected chi connectivity index (χ1v) is 6.90. The lowest BCUT2D eigenvalue weighted by atomic mass is 10.2. The third kappa shape index (κ3) is 3.70. The molecule has 2 aliphatic rings. The summed E-state index contributed by atoms with van der Waals surface area (Å²) >= 11 is 0. The highest BCUT2D eigenvalue weighted by Crippen LogP contribution is 2.29. The van der Waals surface area contributed by atoms with Gasteiger partial charge in [0, 0.05) is 6.54 Å². The minimum Gasteiger partial charge on any atom is -0.493 e. The first-order chi connectivity index (χ1) is 9.29. The summed E-state index contributed by atoms with van der Waals surface area (Å²) in [6.45, 7) is 2.09. The number of carbonyl (C=O) groups is 1. The molecule has 1 aliphatic carbocycles. The number of carbonyl (C=O) groups excluding carboxylic acids is 1. The summed E-state index contributed by atoms with van der Waals surface area (Å²) in [6.07, 6.45) is 3.09. The average molecular weight is 261 g/mol. The van der Waals surface area contributed by atoms with Gasteiger partial charge in [-0.3, -0.25) is 4.79 Å². The molecule has 0 spiro atoms. The quantitative estimate of drug-likeness (QED) is 0.794. The zero-order valence-corrected chi connectivity index (χ0v) is 10.9. The molecule has 0 unspecified atom stereocenters. The van der Waals surface area contributed by atoms with Crippen LogP contribution in [0.5, 0.6) is 5.75 Å². The summed E-state index contributed by atoms with van der Waals surface area (Å²) < 4.78 is 10.6. The molecule has 0 aromatic heterocycles. The maximum Gasteiger partial charge on any atom is 0.307 e. The van der Waals surface area contributed by atoms with Crippen molar-refractivity contribution >= 4 is 5.97 Å². The van der Waals surface area contributed by atoms with Crippen molar-refractivity contribution in [3.63, 3.8) is 0 Å². The molecule has 2 fully saturated rings. The van der Waals surface area contributed by atoms with Gasteiger partial charge in [0.1, 0.15) is 12.4 Å². The molecule has 4 nitrogen and oxygen atoms in total. The van der Waals surface area contributed by atoms with Crippen LogP contribution in [0, 0.1) is 5.92 Å². The predicted octanol–water partition coefficient (Wildman–Crippen LogP) is 1.88. The van der Waals surface area contributed by atoms with Crippen LogP contribution in [0.2, 0.25) is 0 Å². The van der Waals surface area contributed by atoms with E-state index in [-0.39, 0.29) is 12.0 Å². The summed E-state index contributed by atoms with van der Waals surface area (Å²) in [7, 11) is 0. The Kier molecular flexibility index (Phi) is 3.69. The van der Waals surface area contributed by atoms with Crippen LogP contribution in [0.1, 0.15) is 24.8 Å². The van der Waals surface area contributed by atoms with E-state index >= 15 is 0 Å². The van der Waals surface area contributed by atoms with Crippen LogP contribution in [0.25, 0.3) is 0 Å². The summed E-state index contributed by atoms with van der Waals surface area (Å²) in [5, 5.41) is 3.32. The van der Waals surface area contributed by atoms with Crippen LogP contribution >= 0.6 is 0 Å². The summed E-state index contributed by atoms with van der Waals surface area (Å²) in [6, 6.07) is 8.30. The standard InChI is InChI=1S/C15H19NO3/c17-15-7-13(10-19-15)16-8-11-3-5-14(6-4-11)18-9-12-1-2-12/h3-6,12-13,16H,1-2,7-10H2/t13-/m1/s1. The van der Waals surface area contributed by atoms with Crippen LogP contribution in [0.4, 0.5) is 0 Å². The number of benzene rings is 1. The van der Waals surface area contributed by atoms with E-state index in [4.69, 9.17) is 9.47 Å². The van der Waals surface area contributed by atoms with Gasteiger partial charge in [-0.2, -0.15) is 0 Å². The Hall–Kier alpha value is -1.55. The van der Waals surface area contributed by atoms with E-state index in [1.165, 1.54) is 18.4 Å². The fourth-order valence-electron chi connectivity index (χ4n) is 2.11. The molecular weight excluding hydrogens is 242 g/mol. The molecule has 0 amide bonds. The van der Waals surface area contributed by atoms with Crippen molar-refractivity contribution in [1.29, 1.82) is 0 Å². The van der Waals surface area contributed by atoms with Gasteiger partial charge >= 0.3 is 5.97 Å². The van der Waals surface area contributed by atoms with Gasteiger partial charge in [-0.25, -0.2) is 0 Å². The van der Waals surface area contributed by atoms with Gasteiger partial charge in [0.25, 0.3) is 0 Å². The molecule has 102 valence electrons. The third-order valence-corrected chi connectivity index (χ3v) is 3.56. The fourth-order valence-corrected chi connectivity index (χ4v) is 2.11. The molecule has 3 rings (SSSR count). The van der Waals surface area contributed by atoms with Crippen molar-refractivity contribution in [2.75, 3.05) is 13.2 Å². The molecule has 1 atom stereocenters. The topological polar surface area (TPSA) is 47.6 Å². The Balaban J connectivity index is 1.44. The lowest BCUT2D eigenvalue weighted by Gasteiger charge is -2.10. The smallest absolute Gasteiger partial charge is 0.307 e. The average Bonchev–Trinajstić information content (AvgIpc) is 3.17. The number of hydrogen-bond donors (Lipinski definition) is 1. The van der Waals surface area contributed by atoms with Crippen molar-refractivity contribution in [2.24, 2.45) is 5.92 Å². The van der Waals surface area contributed by atoms with Gasteiger partial charge in [0.05, 0.1) is 19.1 Å². The van der Waals surface area contributed by atoms with Crippen molar-refractivity contribution in [1.82, 2.24) is 5.32 Å². The number of cyclic esters (lactones) is 1. The highest BCUT2D eigenvalue weighted by Gasteiger charge is 2.23. The molecule has 1 saturated carbocycles. The molecule has 19 heavy (non-hydrogen) atoms. The molecule has 0 bridgehead atoms. The van der Waals surface area contributed by atoms with E-state index in [1.807, 2.05) is 12.1 Å². The predicted molar refractivity (Wildman–Crippen MR) is 70.9 cm³/mol. The Morgan fingerprint density at radius 2 is 2.05 bits per heavy atom. The van der Waals surface area contributed by atoms with Crippen LogP contribution < -0.4 is 10.1 Å². The van der Waals surface area contributed by atoms with E-state index in [0.29, 0.717) is 13.0 Å². The Morgan fingerprint density at radius 3 is 2.68 bits per heavy atom. The normalized spacial score (nSPS) is 22.3. The van der Waals surface area contributed by atoms with Gasteiger partial charge in [0.15, 0.2) is 0 Å². The minimum absolute atomic E-state index is 0.110. The number of ether oxygens (including phenoxy) is 2. The second-order valence-electron chi connectivity index (χ2n) is 5.36. The number of esters is 1. The summed E-state index contributed by atoms with van der Waals surface area (Å²) in [5.41, 5.74) is 1.19. The molecule has 1 heterocycles. The zero-order chi connectivity index (χ0) is 13.1. The monoisotopic (exact) mass is 261 g/mol. The highest BCUT2D eigenvalue weighted by molar-refractivity contribution is 5.72. The Bertz CT molecular complexity index is 439. The van der Waals surface area contributed by atoms with Crippen molar-refractivity contribution < 1.29 is 14.3 Å². The molecule has 0 radical (unpaired) electrons. The maximum absolute atomic E-state index is 11.0. The molecule has 1 aromatic rings. The van der Waals surface area contributed by atoms with Crippen LogP contribution in [-0.2, 0) is 16.1 Å². The van der Waals surface area contributed by atoms with Crippen molar-refractivity contribution in [3.05, 3.63) is 29.8 Å². The lowest BCUT2D eigenvalue weighted by molar-refractivity contribution is -0.137. The second-order valence-corrected chi connectivity index (χ2v) is 5.36. The number of hydrogen-bond acceptors (Lipinski definition) is 4. The number of rotatable bonds is 6. The van der Waals surface area contributed by atoms with E-state index in [2.05, 4.69) is 17.4 Å². The Morgan fingerprint density at radius 1 is 1.26 bits per heavy atom. The van der Waals surface area contributed by atoms with Gasteiger partial charge < -0.3 is 14.8 Å². The fraction of sp³-hybridized carbons (Fsp3) is 0.533. The van der Waals surface area contributed by atoms with E-state index < -0.39 is 0 Å². The van der Waals surface area contributed by atoms with Crippen molar-refractivity contribution in [2.45, 2.75) is 31.8 Å². The molecule has 1 saturated heterocycles. The van der Waals surface area contributed by atoms with E-state index in [1.54, 1.807) is 0 Å². The van der Waals surface area contributed by atoms with E-state index in [0.717, 1.165) is 24.8 Å². The van der Waals surface area contributed by atoms with Gasteiger partial charge in [-0.05, 0) is 36.5 Å². The SMILES string of the molecule is O=C1C[C@@H](NCc2ccc(OCC3CC3)cc2)CO1. The first kappa shape index (κ1) is 12.5. The maximum atomic E-state index is 11.0. The van der Waals surface area contributed by atoms with E-state index in [9.17, 15) is 4.79 Å². The highest BCUT2D eigenvalue weighted by atomic mass is 16.5. The summed E-state index contributed by atoms with van der Waals surface area (Å²) in [5.74, 6) is 1.61. The van der Waals surface area contributed by atoms with Crippen molar-refractivity contribution in [3.8, 4) is 5.75 Å². The first-order valence-electron chi connectivity index (χ1n) is 6.90. The lowest BCUT2D eigenvalue weighted by Crippen LogP contribution is -2.28. The molecule has 1 N–H and O–H groups in total. The Labute approximate surface area is 113 Å².